The summed E-state index contributed by atoms with van der Waals surface area (Å²) in [5.41, 5.74) is -0.0541. The molecule has 28 heavy (non-hydrogen) atoms. The van der Waals surface area contributed by atoms with Crippen LogP contribution >= 0.6 is 0 Å². The lowest BCUT2D eigenvalue weighted by molar-refractivity contribution is -0.137. The SMILES string of the molecule is O=C(CCN1C(=O)C2(CCCCC2)NC1O)Nc1nnc(-c2ccccn2)[nH]1. The summed E-state index contributed by atoms with van der Waals surface area (Å²) in [6, 6.07) is 5.40. The number of aliphatic hydroxyl groups excluding tert-OH is 1. The average molecular weight is 385 g/mol. The van der Waals surface area contributed by atoms with Crippen molar-refractivity contribution in [3.8, 4) is 11.5 Å². The molecule has 1 unspecified atom stereocenters. The summed E-state index contributed by atoms with van der Waals surface area (Å²) in [7, 11) is 0. The van der Waals surface area contributed by atoms with Crippen LogP contribution < -0.4 is 10.6 Å². The lowest BCUT2D eigenvalue weighted by Crippen LogP contribution is -2.48. The highest BCUT2D eigenvalue weighted by molar-refractivity contribution is 5.91. The number of pyridine rings is 1. The molecule has 2 aliphatic rings. The molecule has 1 aliphatic carbocycles. The zero-order valence-corrected chi connectivity index (χ0v) is 15.4. The van der Waals surface area contributed by atoms with Gasteiger partial charge in [0.1, 0.15) is 11.2 Å². The Balaban J connectivity index is 1.32. The lowest BCUT2D eigenvalue weighted by Gasteiger charge is -2.30. The van der Waals surface area contributed by atoms with Gasteiger partial charge in [-0.05, 0) is 25.0 Å². The second-order valence-corrected chi connectivity index (χ2v) is 7.19. The predicted molar refractivity (Wildman–Crippen MR) is 99.5 cm³/mol. The Morgan fingerprint density at radius 2 is 2.11 bits per heavy atom. The molecule has 0 aromatic carbocycles. The monoisotopic (exact) mass is 385 g/mol. The number of nitrogens with zero attached hydrogens (tertiary/aromatic N) is 4. The van der Waals surface area contributed by atoms with E-state index >= 15 is 0 Å². The Morgan fingerprint density at radius 1 is 1.29 bits per heavy atom. The van der Waals surface area contributed by atoms with Crippen molar-refractivity contribution in [3.63, 3.8) is 0 Å². The van der Waals surface area contributed by atoms with Crippen molar-refractivity contribution in [1.29, 1.82) is 0 Å². The summed E-state index contributed by atoms with van der Waals surface area (Å²) in [5, 5.41) is 23.7. The number of hydrogen-bond acceptors (Lipinski definition) is 7. The molecule has 4 N–H and O–H groups in total. The fourth-order valence-electron chi connectivity index (χ4n) is 3.86. The van der Waals surface area contributed by atoms with E-state index in [9.17, 15) is 14.7 Å². The van der Waals surface area contributed by atoms with Gasteiger partial charge in [0.05, 0.1) is 0 Å². The third-order valence-corrected chi connectivity index (χ3v) is 5.31. The number of H-pyrrole nitrogens is 1. The van der Waals surface area contributed by atoms with Crippen molar-refractivity contribution in [2.24, 2.45) is 0 Å². The summed E-state index contributed by atoms with van der Waals surface area (Å²) < 4.78 is 0. The number of anilines is 1. The molecule has 1 spiro atoms. The molecule has 2 amide bonds. The summed E-state index contributed by atoms with van der Waals surface area (Å²) >= 11 is 0. The number of rotatable bonds is 5. The Morgan fingerprint density at radius 3 is 2.86 bits per heavy atom. The first kappa shape index (κ1) is 18.5. The van der Waals surface area contributed by atoms with Gasteiger partial charge < -0.3 is 15.0 Å². The van der Waals surface area contributed by atoms with E-state index in [1.807, 2.05) is 6.07 Å². The van der Waals surface area contributed by atoms with Crippen LogP contribution in [0.25, 0.3) is 11.5 Å². The maximum atomic E-state index is 12.8. The predicted octanol–water partition coefficient (Wildman–Crippen LogP) is 0.606. The summed E-state index contributed by atoms with van der Waals surface area (Å²) in [6.45, 7) is 0.127. The minimum Gasteiger partial charge on any atom is -0.361 e. The van der Waals surface area contributed by atoms with E-state index < -0.39 is 11.9 Å². The molecule has 2 aromatic rings. The molecule has 10 nitrogen and oxygen atoms in total. The first-order valence-electron chi connectivity index (χ1n) is 9.48. The van der Waals surface area contributed by atoms with E-state index in [4.69, 9.17) is 0 Å². The largest absolute Gasteiger partial charge is 0.361 e. The molecule has 148 valence electrons. The third-order valence-electron chi connectivity index (χ3n) is 5.31. The summed E-state index contributed by atoms with van der Waals surface area (Å²) in [6.07, 6.45) is 5.10. The zero-order chi connectivity index (χ0) is 19.6. The van der Waals surface area contributed by atoms with Gasteiger partial charge >= 0.3 is 0 Å². The van der Waals surface area contributed by atoms with Gasteiger partial charge in [-0.2, -0.15) is 0 Å². The molecular formula is C18H23N7O3. The van der Waals surface area contributed by atoms with Crippen molar-refractivity contribution in [3.05, 3.63) is 24.4 Å². The van der Waals surface area contributed by atoms with Crippen LogP contribution in [0, 0.1) is 0 Å². The van der Waals surface area contributed by atoms with Crippen molar-refractivity contribution in [2.75, 3.05) is 11.9 Å². The van der Waals surface area contributed by atoms with Gasteiger partial charge in [0.25, 0.3) is 0 Å². The Kier molecular flexibility index (Phi) is 5.05. The molecule has 1 aliphatic heterocycles. The second kappa shape index (κ2) is 7.64. The molecule has 2 fully saturated rings. The van der Waals surface area contributed by atoms with Gasteiger partial charge in [-0.1, -0.05) is 25.3 Å². The fraction of sp³-hybridized carbons (Fsp3) is 0.500. The fourth-order valence-corrected chi connectivity index (χ4v) is 3.86. The summed E-state index contributed by atoms with van der Waals surface area (Å²) in [5.74, 6) is 0.211. The highest BCUT2D eigenvalue weighted by Gasteiger charge is 2.50. The van der Waals surface area contributed by atoms with E-state index in [2.05, 4.69) is 30.8 Å². The molecule has 10 heteroatoms. The highest BCUT2D eigenvalue weighted by atomic mass is 16.3. The van der Waals surface area contributed by atoms with Crippen LogP contribution in [0.1, 0.15) is 38.5 Å². The van der Waals surface area contributed by atoms with E-state index in [-0.39, 0.29) is 30.7 Å². The third kappa shape index (κ3) is 3.60. The van der Waals surface area contributed by atoms with Crippen LogP contribution in [0.5, 0.6) is 0 Å². The van der Waals surface area contributed by atoms with E-state index in [1.165, 1.54) is 4.90 Å². The van der Waals surface area contributed by atoms with Crippen molar-refractivity contribution < 1.29 is 14.7 Å². The number of aromatic amines is 1. The molecule has 1 saturated heterocycles. The quantitative estimate of drug-likeness (QED) is 0.592. The smallest absolute Gasteiger partial charge is 0.246 e. The van der Waals surface area contributed by atoms with Gasteiger partial charge in [-0.3, -0.25) is 25.2 Å². The van der Waals surface area contributed by atoms with Crippen LogP contribution in [0.4, 0.5) is 5.95 Å². The van der Waals surface area contributed by atoms with Crippen LogP contribution in [-0.4, -0.2) is 60.4 Å². The minimum atomic E-state index is -1.06. The van der Waals surface area contributed by atoms with E-state index in [1.54, 1.807) is 18.3 Å². The van der Waals surface area contributed by atoms with Gasteiger partial charge in [-0.15, -0.1) is 10.2 Å². The zero-order valence-electron chi connectivity index (χ0n) is 15.4. The van der Waals surface area contributed by atoms with Crippen molar-refractivity contribution in [2.45, 2.75) is 50.4 Å². The minimum absolute atomic E-state index is 0.0418. The number of hydrogen-bond donors (Lipinski definition) is 4. The Bertz CT molecular complexity index is 848. The molecule has 4 rings (SSSR count). The van der Waals surface area contributed by atoms with Crippen molar-refractivity contribution >= 4 is 17.8 Å². The maximum absolute atomic E-state index is 12.8. The number of carbonyl (C=O) groups excluding carboxylic acids is 2. The average Bonchev–Trinajstić information content (AvgIpc) is 3.25. The number of amides is 2. The number of aliphatic hydroxyl groups is 1. The molecule has 0 radical (unpaired) electrons. The Labute approximate surface area is 161 Å². The normalized spacial score (nSPS) is 21.2. The van der Waals surface area contributed by atoms with Crippen LogP contribution in [0.15, 0.2) is 24.4 Å². The van der Waals surface area contributed by atoms with Gasteiger partial charge in [0.15, 0.2) is 12.2 Å². The molecule has 1 saturated carbocycles. The maximum Gasteiger partial charge on any atom is 0.246 e. The molecule has 0 bridgehead atoms. The second-order valence-electron chi connectivity index (χ2n) is 7.19. The van der Waals surface area contributed by atoms with Crippen LogP contribution in [0.3, 0.4) is 0 Å². The summed E-state index contributed by atoms with van der Waals surface area (Å²) in [4.78, 5) is 33.4. The molecule has 1 atom stereocenters. The van der Waals surface area contributed by atoms with E-state index in [0.29, 0.717) is 11.5 Å². The first-order chi connectivity index (χ1) is 13.6. The highest BCUT2D eigenvalue weighted by Crippen LogP contribution is 2.34. The topological polar surface area (TPSA) is 136 Å². The van der Waals surface area contributed by atoms with Gasteiger partial charge in [0.2, 0.25) is 17.8 Å². The van der Waals surface area contributed by atoms with Crippen molar-refractivity contribution in [1.82, 2.24) is 30.4 Å². The van der Waals surface area contributed by atoms with E-state index in [0.717, 1.165) is 32.1 Å². The van der Waals surface area contributed by atoms with Gasteiger partial charge in [0, 0.05) is 19.2 Å². The number of nitrogens with one attached hydrogen (secondary N) is 3. The van der Waals surface area contributed by atoms with Crippen LogP contribution in [-0.2, 0) is 9.59 Å². The number of aromatic nitrogens is 4. The molecule has 2 aromatic heterocycles. The molecule has 3 heterocycles. The first-order valence-corrected chi connectivity index (χ1v) is 9.48. The standard InChI is InChI=1S/C18H23N7O3/c26-13(20-16-21-14(23-24-16)12-6-2-5-10-19-12)7-11-25-15(27)18(22-17(25)28)8-3-1-4-9-18/h2,5-6,10,17,22,28H,1,3-4,7-9,11H2,(H2,20,21,23,24,26). The van der Waals surface area contributed by atoms with Gasteiger partial charge in [-0.25, -0.2) is 0 Å². The van der Waals surface area contributed by atoms with Crippen LogP contribution in [0.2, 0.25) is 0 Å². The number of carbonyl (C=O) groups is 2. The Hall–Kier alpha value is -2.85. The molecular weight excluding hydrogens is 362 g/mol. The lowest BCUT2D eigenvalue weighted by atomic mass is 9.82.